The average molecular weight is 358 g/mol. The highest BCUT2D eigenvalue weighted by Crippen LogP contribution is 2.49. The molecule has 0 amide bonds. The molecule has 5 nitrogen and oxygen atoms in total. The van der Waals surface area contributed by atoms with Gasteiger partial charge in [-0.25, -0.2) is 4.57 Å². The number of aliphatic hydroxyl groups excluding tert-OH is 1. The molecule has 0 heterocycles. The molecule has 0 fully saturated rings. The fourth-order valence-corrected chi connectivity index (χ4v) is 3.64. The van der Waals surface area contributed by atoms with E-state index >= 15 is 0 Å². The van der Waals surface area contributed by atoms with Crippen molar-refractivity contribution in [2.75, 3.05) is 19.8 Å². The quantitative estimate of drug-likeness (QED) is 0.417. The molecule has 0 aliphatic carbocycles. The summed E-state index contributed by atoms with van der Waals surface area (Å²) in [6.45, 7) is 8.23. The molecule has 0 aliphatic rings. The van der Waals surface area contributed by atoms with Gasteiger partial charge in [0.1, 0.15) is 5.75 Å². The zero-order chi connectivity index (χ0) is 18.1. The van der Waals surface area contributed by atoms with Crippen molar-refractivity contribution in [1.82, 2.24) is 0 Å². The zero-order valence-corrected chi connectivity index (χ0v) is 16.2. The van der Waals surface area contributed by atoms with Gasteiger partial charge in [-0.2, -0.15) is 0 Å². The van der Waals surface area contributed by atoms with E-state index in [1.165, 1.54) is 24.8 Å². The predicted molar refractivity (Wildman–Crippen MR) is 96.5 cm³/mol. The first-order valence-corrected chi connectivity index (χ1v) is 10.1. The molecule has 0 aromatic heterocycles. The van der Waals surface area contributed by atoms with E-state index in [2.05, 4.69) is 20.8 Å². The topological polar surface area (TPSA) is 65.0 Å². The van der Waals surface area contributed by atoms with E-state index < -0.39 is 7.82 Å². The highest BCUT2D eigenvalue weighted by Gasteiger charge is 2.28. The monoisotopic (exact) mass is 358 g/mol. The molecule has 1 unspecified atom stereocenters. The van der Waals surface area contributed by atoms with E-state index in [-0.39, 0.29) is 25.2 Å². The summed E-state index contributed by atoms with van der Waals surface area (Å²) in [5.41, 5.74) is 1.30. The fourth-order valence-electron chi connectivity index (χ4n) is 2.46. The van der Waals surface area contributed by atoms with Gasteiger partial charge in [0, 0.05) is 0 Å². The Morgan fingerprint density at radius 2 is 1.75 bits per heavy atom. The summed E-state index contributed by atoms with van der Waals surface area (Å²) in [6.07, 6.45) is 4.78. The zero-order valence-electron chi connectivity index (χ0n) is 15.3. The van der Waals surface area contributed by atoms with Gasteiger partial charge >= 0.3 is 7.82 Å². The summed E-state index contributed by atoms with van der Waals surface area (Å²) in [7, 11) is -3.70. The number of hydrogen-bond acceptors (Lipinski definition) is 5. The van der Waals surface area contributed by atoms with Crippen molar-refractivity contribution >= 4 is 7.82 Å². The van der Waals surface area contributed by atoms with Gasteiger partial charge in [0.15, 0.2) is 0 Å². The van der Waals surface area contributed by atoms with Crippen LogP contribution in [-0.4, -0.2) is 24.9 Å². The largest absolute Gasteiger partial charge is 0.530 e. The van der Waals surface area contributed by atoms with Crippen molar-refractivity contribution in [3.8, 4) is 5.75 Å². The summed E-state index contributed by atoms with van der Waals surface area (Å²) >= 11 is 0. The predicted octanol–water partition coefficient (Wildman–Crippen LogP) is 5.08. The van der Waals surface area contributed by atoms with Gasteiger partial charge in [-0.3, -0.25) is 9.05 Å². The maximum Gasteiger partial charge on any atom is 0.530 e. The van der Waals surface area contributed by atoms with E-state index in [1.54, 1.807) is 19.1 Å². The molecule has 1 atom stereocenters. The minimum Gasteiger partial charge on any atom is -0.404 e. The van der Waals surface area contributed by atoms with Crippen LogP contribution in [0.4, 0.5) is 0 Å². The third-order valence-corrected chi connectivity index (χ3v) is 5.39. The Balaban J connectivity index is 2.76. The van der Waals surface area contributed by atoms with Crippen molar-refractivity contribution in [2.45, 2.75) is 58.8 Å². The molecule has 0 radical (unpaired) electrons. The van der Waals surface area contributed by atoms with Crippen LogP contribution in [-0.2, 0) is 19.0 Å². The lowest BCUT2D eigenvalue weighted by Crippen LogP contribution is -2.16. The van der Waals surface area contributed by atoms with Crippen LogP contribution in [0.3, 0.4) is 0 Å². The third kappa shape index (κ3) is 6.94. The Labute approximate surface area is 145 Å². The lowest BCUT2D eigenvalue weighted by Gasteiger charge is -2.25. The van der Waals surface area contributed by atoms with E-state index in [4.69, 9.17) is 18.7 Å². The van der Waals surface area contributed by atoms with Gasteiger partial charge in [-0.05, 0) is 36.5 Å². The number of hydrogen-bond donors (Lipinski definition) is 1. The van der Waals surface area contributed by atoms with Crippen LogP contribution in [0.25, 0.3) is 0 Å². The van der Waals surface area contributed by atoms with Crippen LogP contribution in [0.5, 0.6) is 5.75 Å². The summed E-state index contributed by atoms with van der Waals surface area (Å²) < 4.78 is 28.0. The molecule has 6 heteroatoms. The van der Waals surface area contributed by atoms with Gasteiger partial charge in [-0.1, -0.05) is 52.2 Å². The molecule has 138 valence electrons. The minimum absolute atomic E-state index is 0.0880. The Morgan fingerprint density at radius 1 is 1.08 bits per heavy atom. The molecule has 1 rings (SSSR count). The average Bonchev–Trinajstić information content (AvgIpc) is 2.54. The highest BCUT2D eigenvalue weighted by molar-refractivity contribution is 7.48. The normalized spacial score (nSPS) is 14.4. The van der Waals surface area contributed by atoms with Gasteiger partial charge < -0.3 is 9.63 Å². The molecule has 0 aliphatic heterocycles. The molecule has 1 aromatic carbocycles. The summed E-state index contributed by atoms with van der Waals surface area (Å²) in [5.74, 6) is 0.429. The summed E-state index contributed by atoms with van der Waals surface area (Å²) in [4.78, 5) is 0. The van der Waals surface area contributed by atoms with Crippen molar-refractivity contribution in [3.63, 3.8) is 0 Å². The maximum atomic E-state index is 12.4. The fraction of sp³-hybridized carbons (Fsp3) is 0.667. The van der Waals surface area contributed by atoms with Gasteiger partial charge in [-0.15, -0.1) is 0 Å². The molecule has 0 bridgehead atoms. The van der Waals surface area contributed by atoms with Gasteiger partial charge in [0.05, 0.1) is 19.8 Å². The Bertz CT molecular complexity index is 513. The Hall–Kier alpha value is -0.870. The Morgan fingerprint density at radius 3 is 2.29 bits per heavy atom. The van der Waals surface area contributed by atoms with Crippen LogP contribution in [0.2, 0.25) is 0 Å². The van der Waals surface area contributed by atoms with Crippen molar-refractivity contribution in [3.05, 3.63) is 29.8 Å². The van der Waals surface area contributed by atoms with E-state index in [0.717, 1.165) is 6.42 Å². The smallest absolute Gasteiger partial charge is 0.404 e. The van der Waals surface area contributed by atoms with Crippen molar-refractivity contribution in [2.24, 2.45) is 0 Å². The standard InChI is InChI=1S/C18H31O5P/c1-5-7-8-13-18(3,4)16-9-11-17(12-10-16)23-24(20,21-6-2)22-15-14-19/h9-12,19H,5-8,13-15H2,1-4H3. The third-order valence-electron chi connectivity index (χ3n) is 3.89. The van der Waals surface area contributed by atoms with Gasteiger partial charge in [0.2, 0.25) is 0 Å². The molecule has 1 aromatic rings. The van der Waals surface area contributed by atoms with Gasteiger partial charge in [0.25, 0.3) is 0 Å². The maximum absolute atomic E-state index is 12.4. The first kappa shape index (κ1) is 21.2. The van der Waals surface area contributed by atoms with Crippen LogP contribution < -0.4 is 4.52 Å². The number of unbranched alkanes of at least 4 members (excludes halogenated alkanes) is 2. The lowest BCUT2D eigenvalue weighted by atomic mass is 9.80. The van der Waals surface area contributed by atoms with Crippen LogP contribution in [0, 0.1) is 0 Å². The SMILES string of the molecule is CCCCCC(C)(C)c1ccc(OP(=O)(OCC)OCCO)cc1. The van der Waals surface area contributed by atoms with Crippen LogP contribution in [0.15, 0.2) is 24.3 Å². The van der Waals surface area contributed by atoms with Crippen LogP contribution in [0.1, 0.15) is 58.9 Å². The molecule has 24 heavy (non-hydrogen) atoms. The molecular weight excluding hydrogens is 327 g/mol. The molecule has 0 saturated heterocycles. The van der Waals surface area contributed by atoms with E-state index in [0.29, 0.717) is 5.75 Å². The number of aliphatic hydroxyl groups is 1. The molecule has 0 spiro atoms. The summed E-state index contributed by atoms with van der Waals surface area (Å²) in [6, 6.07) is 7.54. The number of rotatable bonds is 12. The first-order chi connectivity index (χ1) is 11.4. The van der Waals surface area contributed by atoms with Crippen molar-refractivity contribution in [1.29, 1.82) is 0 Å². The minimum atomic E-state index is -3.70. The first-order valence-electron chi connectivity index (χ1n) is 8.67. The van der Waals surface area contributed by atoms with Crippen LogP contribution >= 0.6 is 7.82 Å². The lowest BCUT2D eigenvalue weighted by molar-refractivity contribution is 0.131. The van der Waals surface area contributed by atoms with E-state index in [1.807, 2.05) is 12.1 Å². The summed E-state index contributed by atoms with van der Waals surface area (Å²) in [5, 5.41) is 8.82. The molecule has 1 N–H and O–H groups in total. The van der Waals surface area contributed by atoms with Crippen molar-refractivity contribution < 1.29 is 23.2 Å². The second-order valence-corrected chi connectivity index (χ2v) is 7.97. The molecule has 0 saturated carbocycles. The number of phosphoric acid groups is 1. The van der Waals surface area contributed by atoms with E-state index in [9.17, 15) is 4.57 Å². The molecular formula is C18H31O5P. The Kier molecular flexibility index (Phi) is 8.99. The number of phosphoric ester groups is 1. The second-order valence-electron chi connectivity index (χ2n) is 6.38. The highest BCUT2D eigenvalue weighted by atomic mass is 31.2. The second kappa shape index (κ2) is 10.2. The number of benzene rings is 1.